The van der Waals surface area contributed by atoms with E-state index < -0.39 is 0 Å². The second-order valence-electron chi connectivity index (χ2n) is 3.34. The third-order valence-corrected chi connectivity index (χ3v) is 2.35. The maximum absolute atomic E-state index is 11.5. The number of carbonyl (C=O) groups excluding carboxylic acids is 1. The maximum Gasteiger partial charge on any atom is 0.137 e. The molecule has 0 bridgehead atoms. The van der Waals surface area contributed by atoms with E-state index in [-0.39, 0.29) is 5.92 Å². The lowest BCUT2D eigenvalue weighted by molar-refractivity contribution is -0.123. The van der Waals surface area contributed by atoms with Gasteiger partial charge in [-0.1, -0.05) is 6.08 Å². The van der Waals surface area contributed by atoms with E-state index in [0.29, 0.717) is 12.2 Å². The smallest absolute Gasteiger partial charge is 0.137 e. The molecule has 2 heteroatoms. The van der Waals surface area contributed by atoms with Crippen molar-refractivity contribution in [2.24, 2.45) is 5.92 Å². The lowest BCUT2D eigenvalue weighted by Gasteiger charge is -2.21. The number of allylic oxidation sites excluding steroid dienone is 1. The summed E-state index contributed by atoms with van der Waals surface area (Å²) in [4.78, 5) is 11.5. The third kappa shape index (κ3) is 2.78. The van der Waals surface area contributed by atoms with E-state index >= 15 is 0 Å². The largest absolute Gasteiger partial charge is 0.316 e. The molecule has 0 amide bonds. The molecule has 0 radical (unpaired) electrons. The van der Waals surface area contributed by atoms with Crippen LogP contribution >= 0.6 is 0 Å². The fraction of sp³-hybridized carbons (Fsp3) is 0.700. The van der Waals surface area contributed by atoms with Gasteiger partial charge in [-0.25, -0.2) is 0 Å². The highest BCUT2D eigenvalue weighted by Crippen LogP contribution is 2.13. The van der Waals surface area contributed by atoms with Gasteiger partial charge in [-0.3, -0.25) is 4.79 Å². The first kappa shape index (κ1) is 9.46. The Bertz CT molecular complexity index is 159. The quantitative estimate of drug-likeness (QED) is 0.643. The highest BCUT2D eigenvalue weighted by Gasteiger charge is 2.19. The molecule has 0 aromatic heterocycles. The molecule has 0 spiro atoms. The van der Waals surface area contributed by atoms with Gasteiger partial charge in [-0.2, -0.15) is 0 Å². The van der Waals surface area contributed by atoms with Crippen molar-refractivity contribution in [1.29, 1.82) is 0 Å². The zero-order valence-corrected chi connectivity index (χ0v) is 7.51. The van der Waals surface area contributed by atoms with Crippen LogP contribution in [0.5, 0.6) is 0 Å². The van der Waals surface area contributed by atoms with E-state index in [1.165, 1.54) is 0 Å². The lowest BCUT2D eigenvalue weighted by atomic mass is 9.93. The van der Waals surface area contributed by atoms with Gasteiger partial charge in [0.15, 0.2) is 0 Å². The lowest BCUT2D eigenvalue weighted by Crippen LogP contribution is -2.34. The van der Waals surface area contributed by atoms with Crippen LogP contribution in [-0.2, 0) is 4.79 Å². The molecule has 1 aliphatic rings. The Hall–Kier alpha value is -0.630. The van der Waals surface area contributed by atoms with Crippen LogP contribution < -0.4 is 5.32 Å². The van der Waals surface area contributed by atoms with Crippen LogP contribution in [0.25, 0.3) is 0 Å². The van der Waals surface area contributed by atoms with Crippen molar-refractivity contribution in [1.82, 2.24) is 5.32 Å². The molecule has 1 N–H and O–H groups in total. The number of hydrogen-bond donors (Lipinski definition) is 1. The minimum atomic E-state index is 0.277. The Kier molecular flexibility index (Phi) is 4.01. The molecule has 2 nitrogen and oxygen atoms in total. The third-order valence-electron chi connectivity index (χ3n) is 2.35. The molecule has 0 aliphatic carbocycles. The van der Waals surface area contributed by atoms with Crippen molar-refractivity contribution in [3.63, 3.8) is 0 Å². The Morgan fingerprint density at radius 2 is 2.50 bits per heavy atom. The van der Waals surface area contributed by atoms with E-state index in [9.17, 15) is 4.79 Å². The monoisotopic (exact) mass is 167 g/mol. The number of Topliss-reactive ketones (excluding diaryl/α,β-unsaturated/α-hetero) is 1. The standard InChI is InChI=1S/C10H17NO/c1-2-3-6-10(12)9-5-4-7-11-8-9/h2,9,11H,1,3-8H2. The summed E-state index contributed by atoms with van der Waals surface area (Å²) < 4.78 is 0. The van der Waals surface area contributed by atoms with Gasteiger partial charge in [-0.05, 0) is 25.8 Å². The molecule has 1 fully saturated rings. The summed E-state index contributed by atoms with van der Waals surface area (Å²) in [6, 6.07) is 0. The molecule has 1 aliphatic heterocycles. The molecule has 1 rings (SSSR count). The summed E-state index contributed by atoms with van der Waals surface area (Å²) in [5.41, 5.74) is 0. The van der Waals surface area contributed by atoms with E-state index in [1.54, 1.807) is 0 Å². The SMILES string of the molecule is C=CCCC(=O)C1CCCNC1. The molecule has 68 valence electrons. The second-order valence-corrected chi connectivity index (χ2v) is 3.34. The number of carbonyl (C=O) groups is 1. The maximum atomic E-state index is 11.5. The number of hydrogen-bond acceptors (Lipinski definition) is 2. The normalized spacial score (nSPS) is 23.5. The van der Waals surface area contributed by atoms with Gasteiger partial charge < -0.3 is 5.32 Å². The predicted molar refractivity (Wildman–Crippen MR) is 50.0 cm³/mol. The van der Waals surface area contributed by atoms with Gasteiger partial charge in [0.2, 0.25) is 0 Å². The molecule has 1 heterocycles. The van der Waals surface area contributed by atoms with Crippen LogP contribution in [0.4, 0.5) is 0 Å². The van der Waals surface area contributed by atoms with Crippen molar-refractivity contribution >= 4 is 5.78 Å². The molecule has 0 saturated carbocycles. The Balaban J connectivity index is 2.24. The second kappa shape index (κ2) is 5.09. The molecule has 0 aromatic carbocycles. The van der Waals surface area contributed by atoms with Crippen LogP contribution in [0, 0.1) is 5.92 Å². The average molecular weight is 167 g/mol. The minimum absolute atomic E-state index is 0.277. The zero-order valence-electron chi connectivity index (χ0n) is 7.51. The Morgan fingerprint density at radius 1 is 1.67 bits per heavy atom. The summed E-state index contributed by atoms with van der Waals surface area (Å²) in [5, 5.41) is 3.25. The summed E-state index contributed by atoms with van der Waals surface area (Å²) in [6.45, 7) is 5.57. The number of piperidine rings is 1. The van der Waals surface area contributed by atoms with E-state index in [1.807, 2.05) is 6.08 Å². The fourth-order valence-electron chi connectivity index (χ4n) is 1.58. The van der Waals surface area contributed by atoms with Crippen molar-refractivity contribution in [3.8, 4) is 0 Å². The van der Waals surface area contributed by atoms with Crippen LogP contribution in [0.2, 0.25) is 0 Å². The van der Waals surface area contributed by atoms with E-state index in [0.717, 1.165) is 32.4 Å². The summed E-state index contributed by atoms with van der Waals surface area (Å²) in [7, 11) is 0. The molecule has 0 aromatic rings. The Morgan fingerprint density at radius 3 is 3.08 bits per heavy atom. The fourth-order valence-corrected chi connectivity index (χ4v) is 1.58. The molecule has 12 heavy (non-hydrogen) atoms. The first-order valence-corrected chi connectivity index (χ1v) is 4.69. The first-order valence-electron chi connectivity index (χ1n) is 4.69. The van der Waals surface area contributed by atoms with Crippen LogP contribution in [0.3, 0.4) is 0 Å². The van der Waals surface area contributed by atoms with E-state index in [2.05, 4.69) is 11.9 Å². The van der Waals surface area contributed by atoms with Gasteiger partial charge >= 0.3 is 0 Å². The number of ketones is 1. The Labute approximate surface area is 74.0 Å². The van der Waals surface area contributed by atoms with Crippen molar-refractivity contribution in [3.05, 3.63) is 12.7 Å². The molecular weight excluding hydrogens is 150 g/mol. The van der Waals surface area contributed by atoms with Gasteiger partial charge in [0.1, 0.15) is 5.78 Å². The van der Waals surface area contributed by atoms with Gasteiger partial charge in [0.05, 0.1) is 0 Å². The summed E-state index contributed by atoms with van der Waals surface area (Å²) in [6.07, 6.45) is 5.53. The van der Waals surface area contributed by atoms with Crippen LogP contribution in [-0.4, -0.2) is 18.9 Å². The van der Waals surface area contributed by atoms with Crippen molar-refractivity contribution < 1.29 is 4.79 Å². The van der Waals surface area contributed by atoms with Gasteiger partial charge in [0, 0.05) is 18.9 Å². The highest BCUT2D eigenvalue weighted by molar-refractivity contribution is 5.81. The summed E-state index contributed by atoms with van der Waals surface area (Å²) in [5.74, 6) is 0.681. The van der Waals surface area contributed by atoms with E-state index in [4.69, 9.17) is 0 Å². The molecule has 1 saturated heterocycles. The highest BCUT2D eigenvalue weighted by atomic mass is 16.1. The number of nitrogens with one attached hydrogen (secondary N) is 1. The van der Waals surface area contributed by atoms with Crippen LogP contribution in [0.15, 0.2) is 12.7 Å². The van der Waals surface area contributed by atoms with Gasteiger partial charge in [-0.15, -0.1) is 6.58 Å². The minimum Gasteiger partial charge on any atom is -0.316 e. The first-order chi connectivity index (χ1) is 5.84. The van der Waals surface area contributed by atoms with Crippen molar-refractivity contribution in [2.45, 2.75) is 25.7 Å². The molecular formula is C10H17NO. The molecule has 1 unspecified atom stereocenters. The zero-order chi connectivity index (χ0) is 8.81. The average Bonchev–Trinajstić information content (AvgIpc) is 2.15. The van der Waals surface area contributed by atoms with Crippen LogP contribution in [0.1, 0.15) is 25.7 Å². The van der Waals surface area contributed by atoms with Crippen molar-refractivity contribution in [2.75, 3.05) is 13.1 Å². The topological polar surface area (TPSA) is 29.1 Å². The summed E-state index contributed by atoms with van der Waals surface area (Å²) >= 11 is 0. The predicted octanol–water partition coefficient (Wildman–Crippen LogP) is 1.52. The van der Waals surface area contributed by atoms with Gasteiger partial charge in [0.25, 0.3) is 0 Å². The number of rotatable bonds is 4. The molecule has 1 atom stereocenters.